The molecule has 4 nitrogen and oxygen atoms in total. The molecule has 1 N–H and O–H groups in total. The number of hydrogen-bond acceptors (Lipinski definition) is 4. The Morgan fingerprint density at radius 2 is 1.84 bits per heavy atom. The van der Waals surface area contributed by atoms with Crippen molar-refractivity contribution in [2.75, 3.05) is 45.3 Å². The summed E-state index contributed by atoms with van der Waals surface area (Å²) in [5, 5.41) is 3.40. The van der Waals surface area contributed by atoms with Gasteiger partial charge in [-0.15, -0.1) is 0 Å². The Balaban J connectivity index is 1.78. The van der Waals surface area contributed by atoms with Gasteiger partial charge in [0.25, 0.3) is 0 Å². The van der Waals surface area contributed by atoms with Crippen molar-refractivity contribution in [2.24, 2.45) is 5.41 Å². The van der Waals surface area contributed by atoms with E-state index in [4.69, 9.17) is 9.47 Å². The third-order valence-electron chi connectivity index (χ3n) is 4.55. The van der Waals surface area contributed by atoms with Crippen LogP contribution in [0.1, 0.15) is 12.8 Å². The van der Waals surface area contributed by atoms with E-state index >= 15 is 0 Å². The lowest BCUT2D eigenvalue weighted by molar-refractivity contribution is 0.126. The summed E-state index contributed by atoms with van der Waals surface area (Å²) in [6.45, 7) is 4.59. The lowest BCUT2D eigenvalue weighted by atomic mass is 9.73. The first-order valence-corrected chi connectivity index (χ1v) is 6.94. The van der Waals surface area contributed by atoms with E-state index in [1.165, 1.54) is 25.9 Å². The largest absolute Gasteiger partial charge is 0.497 e. The fourth-order valence-corrected chi connectivity index (χ4v) is 3.10. The van der Waals surface area contributed by atoms with Crippen LogP contribution in [0.4, 0.5) is 5.69 Å². The van der Waals surface area contributed by atoms with E-state index < -0.39 is 0 Å². The highest BCUT2D eigenvalue weighted by Crippen LogP contribution is 2.39. The molecule has 2 saturated heterocycles. The van der Waals surface area contributed by atoms with Crippen LogP contribution >= 0.6 is 0 Å². The molecule has 0 unspecified atom stereocenters. The van der Waals surface area contributed by atoms with Crippen LogP contribution in [0.25, 0.3) is 0 Å². The fourth-order valence-electron chi connectivity index (χ4n) is 3.10. The number of rotatable bonds is 3. The molecule has 1 aromatic carbocycles. The second kappa shape index (κ2) is 4.93. The van der Waals surface area contributed by atoms with Crippen LogP contribution in [-0.2, 0) is 0 Å². The van der Waals surface area contributed by atoms with Crippen LogP contribution in [-0.4, -0.2) is 40.4 Å². The minimum absolute atomic E-state index is 0.572. The maximum Gasteiger partial charge on any atom is 0.142 e. The Morgan fingerprint density at radius 3 is 2.37 bits per heavy atom. The van der Waals surface area contributed by atoms with Gasteiger partial charge in [-0.25, -0.2) is 0 Å². The van der Waals surface area contributed by atoms with Crippen molar-refractivity contribution < 1.29 is 9.47 Å². The zero-order valence-corrected chi connectivity index (χ0v) is 11.7. The van der Waals surface area contributed by atoms with Crippen molar-refractivity contribution in [3.8, 4) is 11.5 Å². The summed E-state index contributed by atoms with van der Waals surface area (Å²) in [4.78, 5) is 2.42. The predicted octanol–water partition coefficient (Wildman–Crippen LogP) is 1.89. The van der Waals surface area contributed by atoms with Gasteiger partial charge in [-0.1, -0.05) is 0 Å². The maximum absolute atomic E-state index is 5.48. The molecule has 104 valence electrons. The molecule has 0 aliphatic carbocycles. The van der Waals surface area contributed by atoms with Crippen LogP contribution in [0.15, 0.2) is 18.2 Å². The molecule has 3 rings (SSSR count). The van der Waals surface area contributed by atoms with Crippen LogP contribution in [0.2, 0.25) is 0 Å². The predicted molar refractivity (Wildman–Crippen MR) is 76.3 cm³/mol. The van der Waals surface area contributed by atoms with Crippen LogP contribution in [0.5, 0.6) is 11.5 Å². The SMILES string of the molecule is COc1ccc(OC)c(N2CCC3(CC2)CNC3)c1. The zero-order valence-electron chi connectivity index (χ0n) is 11.7. The number of nitrogens with one attached hydrogen (secondary N) is 1. The summed E-state index contributed by atoms with van der Waals surface area (Å²) in [6, 6.07) is 6.02. The Hall–Kier alpha value is -1.42. The first-order valence-electron chi connectivity index (χ1n) is 6.94. The molecular formula is C15H22N2O2. The quantitative estimate of drug-likeness (QED) is 0.902. The van der Waals surface area contributed by atoms with E-state index in [2.05, 4.69) is 16.3 Å². The number of piperidine rings is 1. The monoisotopic (exact) mass is 262 g/mol. The molecule has 2 aliphatic heterocycles. The average Bonchev–Trinajstić information content (AvgIpc) is 2.45. The van der Waals surface area contributed by atoms with E-state index in [9.17, 15) is 0 Å². The highest BCUT2D eigenvalue weighted by molar-refractivity contribution is 5.62. The molecule has 0 aromatic heterocycles. The molecule has 2 aliphatic rings. The van der Waals surface area contributed by atoms with Crippen molar-refractivity contribution in [1.82, 2.24) is 5.32 Å². The summed E-state index contributed by atoms with van der Waals surface area (Å²) >= 11 is 0. The normalized spacial score (nSPS) is 21.1. The highest BCUT2D eigenvalue weighted by atomic mass is 16.5. The molecule has 2 fully saturated rings. The van der Waals surface area contributed by atoms with E-state index in [0.29, 0.717) is 5.41 Å². The Kier molecular flexibility index (Phi) is 3.27. The molecule has 0 saturated carbocycles. The summed E-state index contributed by atoms with van der Waals surface area (Å²) in [5.41, 5.74) is 1.73. The molecule has 4 heteroatoms. The fraction of sp³-hybridized carbons (Fsp3) is 0.600. The topological polar surface area (TPSA) is 33.7 Å². The lowest BCUT2D eigenvalue weighted by Crippen LogP contribution is -2.58. The van der Waals surface area contributed by atoms with Gasteiger partial charge in [0.15, 0.2) is 0 Å². The van der Waals surface area contributed by atoms with Crippen molar-refractivity contribution >= 4 is 5.69 Å². The highest BCUT2D eigenvalue weighted by Gasteiger charge is 2.39. The van der Waals surface area contributed by atoms with Gasteiger partial charge in [-0.2, -0.15) is 0 Å². The van der Waals surface area contributed by atoms with Gasteiger partial charge in [0, 0.05) is 32.2 Å². The van der Waals surface area contributed by atoms with Crippen LogP contribution in [0, 0.1) is 5.41 Å². The summed E-state index contributed by atoms with van der Waals surface area (Å²) in [5.74, 6) is 1.82. The third kappa shape index (κ3) is 2.25. The second-order valence-electron chi connectivity index (χ2n) is 5.63. The van der Waals surface area contributed by atoms with Gasteiger partial charge in [0.1, 0.15) is 11.5 Å². The molecular weight excluding hydrogens is 240 g/mol. The molecule has 0 amide bonds. The number of anilines is 1. The molecule has 2 heterocycles. The van der Waals surface area contributed by atoms with E-state index in [1.807, 2.05) is 12.1 Å². The third-order valence-corrected chi connectivity index (χ3v) is 4.55. The summed E-state index contributed by atoms with van der Waals surface area (Å²) in [6.07, 6.45) is 2.53. The minimum atomic E-state index is 0.572. The van der Waals surface area contributed by atoms with Crippen LogP contribution in [0.3, 0.4) is 0 Å². The molecule has 0 bridgehead atoms. The van der Waals surface area contributed by atoms with E-state index in [-0.39, 0.29) is 0 Å². The Morgan fingerprint density at radius 1 is 1.11 bits per heavy atom. The average molecular weight is 262 g/mol. The van der Waals surface area contributed by atoms with E-state index in [1.54, 1.807) is 14.2 Å². The van der Waals surface area contributed by atoms with E-state index in [0.717, 1.165) is 30.3 Å². The summed E-state index contributed by atoms with van der Waals surface area (Å²) in [7, 11) is 3.43. The second-order valence-corrected chi connectivity index (χ2v) is 5.63. The van der Waals surface area contributed by atoms with Gasteiger partial charge in [-0.05, 0) is 30.4 Å². The lowest BCUT2D eigenvalue weighted by Gasteiger charge is -2.49. The van der Waals surface area contributed by atoms with Gasteiger partial charge >= 0.3 is 0 Å². The first kappa shape index (κ1) is 12.6. The van der Waals surface area contributed by atoms with Gasteiger partial charge in [-0.3, -0.25) is 0 Å². The molecule has 19 heavy (non-hydrogen) atoms. The number of benzene rings is 1. The summed E-state index contributed by atoms with van der Waals surface area (Å²) < 4.78 is 10.8. The zero-order chi connectivity index (χ0) is 13.3. The Labute approximate surface area is 114 Å². The molecule has 0 radical (unpaired) electrons. The number of methoxy groups -OCH3 is 2. The van der Waals surface area contributed by atoms with Crippen molar-refractivity contribution in [3.05, 3.63) is 18.2 Å². The Bertz CT molecular complexity index is 447. The molecule has 1 aromatic rings. The van der Waals surface area contributed by atoms with Crippen molar-refractivity contribution in [2.45, 2.75) is 12.8 Å². The molecule has 0 atom stereocenters. The number of nitrogens with zero attached hydrogens (tertiary/aromatic N) is 1. The number of hydrogen-bond donors (Lipinski definition) is 1. The van der Waals surface area contributed by atoms with Gasteiger partial charge in [0.2, 0.25) is 0 Å². The molecule has 1 spiro atoms. The van der Waals surface area contributed by atoms with Gasteiger partial charge in [0.05, 0.1) is 19.9 Å². The standard InChI is InChI=1S/C15H22N2O2/c1-18-12-3-4-14(19-2)13(9-12)17-7-5-15(6-8-17)10-16-11-15/h3-4,9,16H,5-8,10-11H2,1-2H3. The van der Waals surface area contributed by atoms with Gasteiger partial charge < -0.3 is 19.7 Å². The number of ether oxygens (including phenoxy) is 2. The van der Waals surface area contributed by atoms with Crippen molar-refractivity contribution in [1.29, 1.82) is 0 Å². The minimum Gasteiger partial charge on any atom is -0.497 e. The maximum atomic E-state index is 5.48. The smallest absolute Gasteiger partial charge is 0.142 e. The van der Waals surface area contributed by atoms with Crippen LogP contribution < -0.4 is 19.7 Å². The van der Waals surface area contributed by atoms with Crippen molar-refractivity contribution in [3.63, 3.8) is 0 Å². The first-order chi connectivity index (χ1) is 9.26.